The van der Waals surface area contributed by atoms with E-state index in [1.54, 1.807) is 7.11 Å². The number of nitrogens with zero attached hydrogens (tertiary/aromatic N) is 3. The van der Waals surface area contributed by atoms with E-state index in [0.29, 0.717) is 25.2 Å². The van der Waals surface area contributed by atoms with E-state index >= 15 is 0 Å². The molecule has 0 aromatic carbocycles. The Bertz CT molecular complexity index is 473. The highest BCUT2D eigenvalue weighted by molar-refractivity contribution is 5.08. The van der Waals surface area contributed by atoms with E-state index in [0.717, 1.165) is 39.1 Å². The van der Waals surface area contributed by atoms with Crippen LogP contribution in [0, 0.1) is 5.92 Å². The van der Waals surface area contributed by atoms with E-state index in [1.807, 2.05) is 17.9 Å². The van der Waals surface area contributed by atoms with Gasteiger partial charge in [-0.15, -0.1) is 0 Å². The Morgan fingerprint density at radius 1 is 1.35 bits per heavy atom. The third-order valence-electron chi connectivity index (χ3n) is 4.94. The van der Waals surface area contributed by atoms with Gasteiger partial charge < -0.3 is 14.2 Å². The van der Waals surface area contributed by atoms with Gasteiger partial charge in [0, 0.05) is 46.1 Å². The maximum absolute atomic E-state index is 6.10. The summed E-state index contributed by atoms with van der Waals surface area (Å²) in [5.41, 5.74) is 1.28. The summed E-state index contributed by atoms with van der Waals surface area (Å²) in [6, 6.07) is 0.427. The van der Waals surface area contributed by atoms with E-state index in [2.05, 4.69) is 16.2 Å². The molecular formula is C17H29N3O3. The first-order chi connectivity index (χ1) is 11.3. The number of ether oxygens (including phenoxy) is 3. The molecule has 2 saturated heterocycles. The third kappa shape index (κ3) is 4.53. The molecule has 2 aliphatic rings. The average molecular weight is 323 g/mol. The molecule has 0 aliphatic carbocycles. The second-order valence-corrected chi connectivity index (χ2v) is 6.71. The van der Waals surface area contributed by atoms with Gasteiger partial charge in [-0.1, -0.05) is 0 Å². The van der Waals surface area contributed by atoms with Crippen molar-refractivity contribution in [3.63, 3.8) is 0 Å². The molecule has 0 saturated carbocycles. The van der Waals surface area contributed by atoms with Crippen molar-refractivity contribution in [3.05, 3.63) is 18.0 Å². The third-order valence-corrected chi connectivity index (χ3v) is 4.94. The molecule has 0 radical (unpaired) electrons. The maximum atomic E-state index is 6.10. The number of aromatic nitrogens is 2. The van der Waals surface area contributed by atoms with Crippen molar-refractivity contribution < 1.29 is 14.2 Å². The van der Waals surface area contributed by atoms with Gasteiger partial charge in [-0.05, 0) is 30.7 Å². The Morgan fingerprint density at radius 2 is 2.26 bits per heavy atom. The molecule has 3 heterocycles. The van der Waals surface area contributed by atoms with Crippen LogP contribution in [0.2, 0.25) is 0 Å². The Labute approximate surface area is 138 Å². The van der Waals surface area contributed by atoms with Crippen LogP contribution in [0.4, 0.5) is 0 Å². The lowest BCUT2D eigenvalue weighted by atomic mass is 10.0. The Balaban J connectivity index is 1.62. The first-order valence-electron chi connectivity index (χ1n) is 8.66. The summed E-state index contributed by atoms with van der Waals surface area (Å²) in [5, 5.41) is 4.30. The maximum Gasteiger partial charge on any atom is 0.0746 e. The molecule has 130 valence electrons. The molecule has 1 aromatic rings. The molecule has 0 N–H and O–H groups in total. The van der Waals surface area contributed by atoms with Crippen LogP contribution in [0.15, 0.2) is 12.4 Å². The molecule has 6 nitrogen and oxygen atoms in total. The normalized spacial score (nSPS) is 28.7. The highest BCUT2D eigenvalue weighted by Gasteiger charge is 2.36. The minimum Gasteiger partial charge on any atom is -0.382 e. The summed E-state index contributed by atoms with van der Waals surface area (Å²) in [6.45, 7) is 5.39. The minimum absolute atomic E-state index is 0.285. The van der Waals surface area contributed by atoms with Crippen LogP contribution in [0.3, 0.4) is 0 Å². The molecule has 3 atom stereocenters. The standard InChI is InChI=1S/C17H29N3O3/c1-19-11-15(10-18-19)9-16-17(23-8-7-21-2)3-5-20(16)12-14-4-6-22-13-14/h10-11,14,16-17H,3-9,12-13H2,1-2H3/t14?,16-,17-/m1/s1. The summed E-state index contributed by atoms with van der Waals surface area (Å²) in [6.07, 6.45) is 7.66. The molecule has 1 unspecified atom stereocenters. The number of likely N-dealkylation sites (tertiary alicyclic amines) is 1. The van der Waals surface area contributed by atoms with Crippen LogP contribution in [0.5, 0.6) is 0 Å². The number of methoxy groups -OCH3 is 1. The SMILES string of the molecule is COCCO[C@@H]1CCN(CC2CCOC2)[C@@H]1Cc1cnn(C)c1. The molecule has 2 fully saturated rings. The second-order valence-electron chi connectivity index (χ2n) is 6.71. The molecule has 3 rings (SSSR count). The average Bonchev–Trinajstić information content (AvgIpc) is 3.26. The zero-order valence-corrected chi connectivity index (χ0v) is 14.3. The number of rotatable bonds is 8. The van der Waals surface area contributed by atoms with Gasteiger partial charge in [-0.2, -0.15) is 5.10 Å². The van der Waals surface area contributed by atoms with E-state index in [1.165, 1.54) is 12.0 Å². The van der Waals surface area contributed by atoms with Gasteiger partial charge in [0.05, 0.1) is 32.1 Å². The Morgan fingerprint density at radius 3 is 2.96 bits per heavy atom. The van der Waals surface area contributed by atoms with Gasteiger partial charge in [-0.25, -0.2) is 0 Å². The van der Waals surface area contributed by atoms with Gasteiger partial charge in [0.15, 0.2) is 0 Å². The molecule has 0 spiro atoms. The fraction of sp³-hybridized carbons (Fsp3) is 0.824. The van der Waals surface area contributed by atoms with Gasteiger partial charge in [-0.3, -0.25) is 9.58 Å². The van der Waals surface area contributed by atoms with Crippen LogP contribution in [0.25, 0.3) is 0 Å². The Hall–Kier alpha value is -0.950. The summed E-state index contributed by atoms with van der Waals surface area (Å²) in [4.78, 5) is 2.60. The lowest BCUT2D eigenvalue weighted by molar-refractivity contribution is -0.00211. The number of hydrogen-bond acceptors (Lipinski definition) is 5. The van der Waals surface area contributed by atoms with E-state index in [-0.39, 0.29) is 6.10 Å². The van der Waals surface area contributed by atoms with Crippen molar-refractivity contribution in [1.82, 2.24) is 14.7 Å². The predicted octanol–water partition coefficient (Wildman–Crippen LogP) is 1.11. The largest absolute Gasteiger partial charge is 0.382 e. The second kappa shape index (κ2) is 8.24. The van der Waals surface area contributed by atoms with E-state index in [4.69, 9.17) is 14.2 Å². The summed E-state index contributed by atoms with van der Waals surface area (Å²) >= 11 is 0. The first-order valence-corrected chi connectivity index (χ1v) is 8.66. The zero-order chi connectivity index (χ0) is 16.1. The monoisotopic (exact) mass is 323 g/mol. The first kappa shape index (κ1) is 16.9. The van der Waals surface area contributed by atoms with Crippen molar-refractivity contribution in [2.75, 3.05) is 46.6 Å². The summed E-state index contributed by atoms with van der Waals surface area (Å²) in [7, 11) is 3.69. The van der Waals surface area contributed by atoms with Crippen molar-refractivity contribution in [3.8, 4) is 0 Å². The van der Waals surface area contributed by atoms with Gasteiger partial charge in [0.25, 0.3) is 0 Å². The molecule has 0 amide bonds. The number of aryl methyl sites for hydroxylation is 1. The molecule has 0 bridgehead atoms. The van der Waals surface area contributed by atoms with Crippen molar-refractivity contribution in [1.29, 1.82) is 0 Å². The summed E-state index contributed by atoms with van der Waals surface area (Å²) < 4.78 is 18.6. The molecule has 2 aliphatic heterocycles. The quantitative estimate of drug-likeness (QED) is 0.671. The highest BCUT2D eigenvalue weighted by Crippen LogP contribution is 2.27. The molecule has 23 heavy (non-hydrogen) atoms. The van der Waals surface area contributed by atoms with Crippen LogP contribution >= 0.6 is 0 Å². The minimum atomic E-state index is 0.285. The highest BCUT2D eigenvalue weighted by atomic mass is 16.5. The van der Waals surface area contributed by atoms with Crippen LogP contribution < -0.4 is 0 Å². The Kier molecular flexibility index (Phi) is 6.05. The van der Waals surface area contributed by atoms with Crippen molar-refractivity contribution >= 4 is 0 Å². The van der Waals surface area contributed by atoms with Gasteiger partial charge in [0.1, 0.15) is 0 Å². The molecular weight excluding hydrogens is 294 g/mol. The fourth-order valence-electron chi connectivity index (χ4n) is 3.73. The van der Waals surface area contributed by atoms with Gasteiger partial charge in [0.2, 0.25) is 0 Å². The molecule has 1 aromatic heterocycles. The van der Waals surface area contributed by atoms with Crippen molar-refractivity contribution in [2.45, 2.75) is 31.4 Å². The van der Waals surface area contributed by atoms with Crippen molar-refractivity contribution in [2.24, 2.45) is 13.0 Å². The van der Waals surface area contributed by atoms with Crippen LogP contribution in [-0.4, -0.2) is 73.5 Å². The fourth-order valence-corrected chi connectivity index (χ4v) is 3.73. The zero-order valence-electron chi connectivity index (χ0n) is 14.3. The lowest BCUT2D eigenvalue weighted by Crippen LogP contribution is -2.41. The van der Waals surface area contributed by atoms with Gasteiger partial charge >= 0.3 is 0 Å². The van der Waals surface area contributed by atoms with Crippen LogP contribution in [0.1, 0.15) is 18.4 Å². The number of hydrogen-bond donors (Lipinski definition) is 0. The van der Waals surface area contributed by atoms with Crippen LogP contribution in [-0.2, 0) is 27.7 Å². The lowest BCUT2D eigenvalue weighted by Gasteiger charge is -2.29. The predicted molar refractivity (Wildman–Crippen MR) is 87.4 cm³/mol. The smallest absolute Gasteiger partial charge is 0.0746 e. The molecule has 6 heteroatoms. The summed E-state index contributed by atoms with van der Waals surface area (Å²) in [5.74, 6) is 0.670. The van der Waals surface area contributed by atoms with E-state index < -0.39 is 0 Å². The topological polar surface area (TPSA) is 48.8 Å². The van der Waals surface area contributed by atoms with E-state index in [9.17, 15) is 0 Å².